The summed E-state index contributed by atoms with van der Waals surface area (Å²) >= 11 is 0. The molecule has 0 N–H and O–H groups in total. The van der Waals surface area contributed by atoms with Crippen LogP contribution in [0.4, 0.5) is 5.69 Å². The largest absolute Gasteiger partial charge is 0.341 e. The summed E-state index contributed by atoms with van der Waals surface area (Å²) in [4.78, 5) is 28.3. The first-order chi connectivity index (χ1) is 10.2. The monoisotopic (exact) mass is 280 g/mol. The van der Waals surface area contributed by atoms with Crippen molar-refractivity contribution in [3.05, 3.63) is 42.0 Å². The molecule has 1 aliphatic heterocycles. The highest BCUT2D eigenvalue weighted by atomic mass is 16.2. The fourth-order valence-corrected chi connectivity index (χ4v) is 3.05. The zero-order valence-electron chi connectivity index (χ0n) is 11.9. The molecule has 2 amide bonds. The van der Waals surface area contributed by atoms with Crippen molar-refractivity contribution in [2.75, 3.05) is 18.5 Å². The summed E-state index contributed by atoms with van der Waals surface area (Å²) in [7, 11) is 1.83. The van der Waals surface area contributed by atoms with Gasteiger partial charge in [-0.15, -0.1) is 0 Å². The Kier molecular flexibility index (Phi) is 2.55. The Bertz CT molecular complexity index is 759. The van der Waals surface area contributed by atoms with Crippen molar-refractivity contribution in [1.29, 1.82) is 0 Å². The van der Waals surface area contributed by atoms with E-state index in [4.69, 9.17) is 0 Å². The first-order valence-corrected chi connectivity index (χ1v) is 7.26. The number of likely N-dealkylation sites (N-methyl/N-ethyl adjacent to an activating group) is 1. The van der Waals surface area contributed by atoms with Crippen LogP contribution in [-0.4, -0.2) is 36.3 Å². The average molecular weight is 280 g/mol. The van der Waals surface area contributed by atoms with Gasteiger partial charge in [-0.3, -0.25) is 14.5 Å². The number of benzene rings is 2. The van der Waals surface area contributed by atoms with Crippen LogP contribution in [-0.2, 0) is 4.79 Å². The van der Waals surface area contributed by atoms with Crippen LogP contribution < -0.4 is 4.90 Å². The molecule has 21 heavy (non-hydrogen) atoms. The zero-order chi connectivity index (χ0) is 14.6. The Labute approximate surface area is 122 Å². The van der Waals surface area contributed by atoms with Gasteiger partial charge in [-0.1, -0.05) is 24.3 Å². The highest BCUT2D eigenvalue weighted by Gasteiger charge is 2.34. The molecule has 0 radical (unpaired) electrons. The molecule has 0 unspecified atom stereocenters. The van der Waals surface area contributed by atoms with Gasteiger partial charge in [0.2, 0.25) is 5.91 Å². The average Bonchev–Trinajstić information content (AvgIpc) is 3.31. The first-order valence-electron chi connectivity index (χ1n) is 7.26. The maximum absolute atomic E-state index is 12.6. The van der Waals surface area contributed by atoms with E-state index in [0.29, 0.717) is 11.6 Å². The zero-order valence-corrected chi connectivity index (χ0v) is 11.9. The van der Waals surface area contributed by atoms with Gasteiger partial charge in [0.1, 0.15) is 6.54 Å². The summed E-state index contributed by atoms with van der Waals surface area (Å²) in [6.07, 6.45) is 2.15. The number of anilines is 1. The van der Waals surface area contributed by atoms with Crippen molar-refractivity contribution >= 4 is 28.3 Å². The molecule has 1 saturated carbocycles. The summed E-state index contributed by atoms with van der Waals surface area (Å²) in [5, 5.41) is 2.01. The standard InChI is InChI=1S/C17H16N2O2/c1-18(12-8-9-12)15(20)10-19-14-7-3-5-11-4-2-6-13(16(11)14)17(19)21/h2-7,12H,8-10H2,1H3. The van der Waals surface area contributed by atoms with Crippen molar-refractivity contribution in [3.63, 3.8) is 0 Å². The minimum absolute atomic E-state index is 0.00987. The quantitative estimate of drug-likeness (QED) is 0.866. The second-order valence-corrected chi connectivity index (χ2v) is 5.81. The van der Waals surface area contributed by atoms with Gasteiger partial charge in [-0.25, -0.2) is 0 Å². The van der Waals surface area contributed by atoms with Crippen LogP contribution in [0.15, 0.2) is 36.4 Å². The summed E-state index contributed by atoms with van der Waals surface area (Å²) in [5.41, 5.74) is 1.55. The fourth-order valence-electron chi connectivity index (χ4n) is 3.05. The van der Waals surface area contributed by atoms with E-state index in [0.717, 1.165) is 29.3 Å². The SMILES string of the molecule is CN(C(=O)CN1C(=O)c2cccc3cccc1c23)C1CC1. The Hall–Kier alpha value is -2.36. The number of hydrogen-bond donors (Lipinski definition) is 0. The van der Waals surface area contributed by atoms with Gasteiger partial charge in [-0.2, -0.15) is 0 Å². The Balaban J connectivity index is 1.70. The molecule has 0 atom stereocenters. The second kappa shape index (κ2) is 4.32. The lowest BCUT2D eigenvalue weighted by Gasteiger charge is -2.22. The highest BCUT2D eigenvalue weighted by Crippen LogP contribution is 2.37. The van der Waals surface area contributed by atoms with Crippen LogP contribution in [0.5, 0.6) is 0 Å². The molecule has 2 aromatic rings. The maximum Gasteiger partial charge on any atom is 0.259 e. The van der Waals surface area contributed by atoms with Crippen LogP contribution in [0.1, 0.15) is 23.2 Å². The second-order valence-electron chi connectivity index (χ2n) is 5.81. The predicted octanol–water partition coefficient (Wildman–Crippen LogP) is 2.42. The van der Waals surface area contributed by atoms with Crippen LogP contribution in [0.3, 0.4) is 0 Å². The van der Waals surface area contributed by atoms with E-state index in [2.05, 4.69) is 0 Å². The van der Waals surface area contributed by atoms with Crippen LogP contribution in [0.2, 0.25) is 0 Å². The molecule has 4 heteroatoms. The lowest BCUT2D eigenvalue weighted by Crippen LogP contribution is -2.40. The third-order valence-corrected chi connectivity index (χ3v) is 4.43. The number of rotatable bonds is 3. The summed E-state index contributed by atoms with van der Waals surface area (Å²) in [6.45, 7) is 0.125. The Morgan fingerprint density at radius 2 is 1.95 bits per heavy atom. The molecule has 4 nitrogen and oxygen atoms in total. The molecule has 0 spiro atoms. The van der Waals surface area contributed by atoms with Gasteiger partial charge >= 0.3 is 0 Å². The van der Waals surface area contributed by atoms with Crippen molar-refractivity contribution in [1.82, 2.24) is 4.90 Å². The molecule has 1 aliphatic carbocycles. The van der Waals surface area contributed by atoms with Crippen LogP contribution in [0, 0.1) is 0 Å². The van der Waals surface area contributed by atoms with Gasteiger partial charge in [0, 0.05) is 24.0 Å². The highest BCUT2D eigenvalue weighted by molar-refractivity contribution is 6.26. The van der Waals surface area contributed by atoms with E-state index >= 15 is 0 Å². The molecule has 2 aromatic carbocycles. The number of hydrogen-bond acceptors (Lipinski definition) is 2. The number of carbonyl (C=O) groups excluding carboxylic acids is 2. The molecule has 1 fully saturated rings. The Morgan fingerprint density at radius 1 is 1.24 bits per heavy atom. The smallest absolute Gasteiger partial charge is 0.259 e. The molecule has 0 saturated heterocycles. The molecule has 2 aliphatic rings. The minimum atomic E-state index is -0.0700. The topological polar surface area (TPSA) is 40.6 Å². The summed E-state index contributed by atoms with van der Waals surface area (Å²) < 4.78 is 0. The van der Waals surface area contributed by atoms with Gasteiger partial charge in [0.15, 0.2) is 0 Å². The first kappa shape index (κ1) is 12.4. The molecule has 4 rings (SSSR count). The van der Waals surface area contributed by atoms with Gasteiger partial charge < -0.3 is 4.90 Å². The van der Waals surface area contributed by atoms with E-state index in [9.17, 15) is 9.59 Å². The summed E-state index contributed by atoms with van der Waals surface area (Å²) in [6, 6.07) is 11.9. The van der Waals surface area contributed by atoms with Crippen molar-refractivity contribution in [2.45, 2.75) is 18.9 Å². The van der Waals surface area contributed by atoms with Crippen molar-refractivity contribution < 1.29 is 9.59 Å². The van der Waals surface area contributed by atoms with Gasteiger partial charge in [0.05, 0.1) is 5.69 Å². The Morgan fingerprint density at radius 3 is 2.67 bits per heavy atom. The van der Waals surface area contributed by atoms with E-state index in [1.165, 1.54) is 0 Å². The molecule has 0 bridgehead atoms. The number of nitrogens with zero attached hydrogens (tertiary/aromatic N) is 2. The van der Waals surface area contributed by atoms with Crippen LogP contribution in [0.25, 0.3) is 10.8 Å². The molecular weight excluding hydrogens is 264 g/mol. The van der Waals surface area contributed by atoms with Crippen molar-refractivity contribution in [2.24, 2.45) is 0 Å². The van der Waals surface area contributed by atoms with Crippen molar-refractivity contribution in [3.8, 4) is 0 Å². The molecule has 1 heterocycles. The van der Waals surface area contributed by atoms with E-state index in [1.54, 1.807) is 9.80 Å². The van der Waals surface area contributed by atoms with E-state index in [-0.39, 0.29) is 18.4 Å². The maximum atomic E-state index is 12.6. The molecular formula is C17H16N2O2. The minimum Gasteiger partial charge on any atom is -0.341 e. The third-order valence-electron chi connectivity index (χ3n) is 4.43. The fraction of sp³-hybridized carbons (Fsp3) is 0.294. The van der Waals surface area contributed by atoms with E-state index < -0.39 is 0 Å². The molecule has 0 aromatic heterocycles. The normalized spacial score (nSPS) is 16.6. The number of carbonyl (C=O) groups is 2. The number of amides is 2. The van der Waals surface area contributed by atoms with Crippen LogP contribution >= 0.6 is 0 Å². The molecule has 106 valence electrons. The third kappa shape index (κ3) is 1.82. The summed E-state index contributed by atoms with van der Waals surface area (Å²) in [5.74, 6) is -0.0602. The predicted molar refractivity (Wildman–Crippen MR) is 81.4 cm³/mol. The lowest BCUT2D eigenvalue weighted by atomic mass is 10.1. The lowest BCUT2D eigenvalue weighted by molar-refractivity contribution is -0.128. The van der Waals surface area contributed by atoms with E-state index in [1.807, 2.05) is 43.4 Å². The van der Waals surface area contributed by atoms with Gasteiger partial charge in [0.25, 0.3) is 5.91 Å². The van der Waals surface area contributed by atoms with Gasteiger partial charge in [-0.05, 0) is 30.4 Å².